The zero-order valence-electron chi connectivity index (χ0n) is 10.1. The molecule has 0 aliphatic carbocycles. The molecule has 0 spiro atoms. The molecule has 0 radical (unpaired) electrons. The quantitative estimate of drug-likeness (QED) is 0.883. The molecule has 0 unspecified atom stereocenters. The maximum absolute atomic E-state index is 11.1. The van der Waals surface area contributed by atoms with E-state index in [1.54, 1.807) is 6.20 Å². The summed E-state index contributed by atoms with van der Waals surface area (Å²) >= 11 is 0. The molecule has 0 fully saturated rings. The molecule has 2 aromatic rings. The Bertz CT molecular complexity index is 543. The minimum atomic E-state index is -0.933. The summed E-state index contributed by atoms with van der Waals surface area (Å²) in [4.78, 5) is 13.2. The van der Waals surface area contributed by atoms with Crippen molar-refractivity contribution < 1.29 is 9.90 Å². The van der Waals surface area contributed by atoms with Crippen LogP contribution in [0.25, 0.3) is 10.9 Å². The molecule has 1 aromatic carbocycles. The Labute approximate surface area is 100 Å². The second kappa shape index (κ2) is 4.59. The van der Waals surface area contributed by atoms with Gasteiger partial charge in [-0.15, -0.1) is 0 Å². The summed E-state index contributed by atoms with van der Waals surface area (Å²) < 4.78 is 1.29. The van der Waals surface area contributed by atoms with Gasteiger partial charge in [0.15, 0.2) is 0 Å². The van der Waals surface area contributed by atoms with Gasteiger partial charge in [0.2, 0.25) is 0 Å². The van der Waals surface area contributed by atoms with Crippen LogP contribution in [0.15, 0.2) is 30.5 Å². The van der Waals surface area contributed by atoms with Crippen molar-refractivity contribution in [1.82, 2.24) is 9.47 Å². The predicted molar refractivity (Wildman–Crippen MR) is 67.6 cm³/mol. The van der Waals surface area contributed by atoms with Crippen molar-refractivity contribution in [2.24, 2.45) is 0 Å². The normalized spacial score (nSPS) is 11.2. The lowest BCUT2D eigenvalue weighted by Gasteiger charge is -2.07. The molecular formula is C13H16N2O2. The summed E-state index contributed by atoms with van der Waals surface area (Å²) in [7, 11) is 4.02. The van der Waals surface area contributed by atoms with Gasteiger partial charge in [-0.3, -0.25) is 4.57 Å². The molecule has 0 aliphatic heterocycles. The van der Waals surface area contributed by atoms with Gasteiger partial charge < -0.3 is 10.0 Å². The zero-order chi connectivity index (χ0) is 12.4. The number of likely N-dealkylation sites (N-methyl/N-ethyl adjacent to an activating group) is 1. The Hall–Kier alpha value is -1.81. The van der Waals surface area contributed by atoms with Crippen molar-refractivity contribution in [3.63, 3.8) is 0 Å². The van der Waals surface area contributed by atoms with Crippen LogP contribution in [0.4, 0.5) is 4.79 Å². The maximum atomic E-state index is 11.1. The highest BCUT2D eigenvalue weighted by Crippen LogP contribution is 2.21. The summed E-state index contributed by atoms with van der Waals surface area (Å²) in [5, 5.41) is 10.2. The van der Waals surface area contributed by atoms with E-state index in [-0.39, 0.29) is 0 Å². The molecule has 0 bridgehead atoms. The van der Waals surface area contributed by atoms with Crippen LogP contribution in [-0.4, -0.2) is 41.3 Å². The second-order valence-electron chi connectivity index (χ2n) is 4.38. The minimum Gasteiger partial charge on any atom is -0.464 e. The van der Waals surface area contributed by atoms with Crippen LogP contribution >= 0.6 is 0 Å². The molecule has 1 heterocycles. The van der Waals surface area contributed by atoms with E-state index in [0.717, 1.165) is 29.4 Å². The van der Waals surface area contributed by atoms with E-state index in [9.17, 15) is 4.79 Å². The van der Waals surface area contributed by atoms with Crippen molar-refractivity contribution in [1.29, 1.82) is 0 Å². The number of hydrogen-bond donors (Lipinski definition) is 1. The van der Waals surface area contributed by atoms with Crippen LogP contribution in [0.1, 0.15) is 5.56 Å². The van der Waals surface area contributed by atoms with Crippen LogP contribution in [0.5, 0.6) is 0 Å². The average Bonchev–Trinajstić information content (AvgIpc) is 2.65. The lowest BCUT2D eigenvalue weighted by Crippen LogP contribution is -2.15. The highest BCUT2D eigenvalue weighted by Gasteiger charge is 2.11. The molecule has 4 nitrogen and oxygen atoms in total. The van der Waals surface area contributed by atoms with Gasteiger partial charge in [0, 0.05) is 18.1 Å². The van der Waals surface area contributed by atoms with Crippen LogP contribution in [0.3, 0.4) is 0 Å². The first-order valence-electron chi connectivity index (χ1n) is 5.56. The first-order valence-corrected chi connectivity index (χ1v) is 5.56. The van der Waals surface area contributed by atoms with Crippen molar-refractivity contribution >= 4 is 17.0 Å². The summed E-state index contributed by atoms with van der Waals surface area (Å²) in [5.41, 5.74) is 1.84. The number of aromatic nitrogens is 1. The van der Waals surface area contributed by atoms with E-state index in [1.807, 2.05) is 38.4 Å². The number of rotatable bonds is 3. The van der Waals surface area contributed by atoms with Crippen LogP contribution in [0.2, 0.25) is 0 Å². The van der Waals surface area contributed by atoms with Crippen LogP contribution in [-0.2, 0) is 6.42 Å². The second-order valence-corrected chi connectivity index (χ2v) is 4.38. The van der Waals surface area contributed by atoms with E-state index in [2.05, 4.69) is 4.90 Å². The van der Waals surface area contributed by atoms with Gasteiger partial charge in [0.05, 0.1) is 5.52 Å². The predicted octanol–water partition coefficient (Wildman–Crippen LogP) is 2.27. The summed E-state index contributed by atoms with van der Waals surface area (Å²) in [6.07, 6.45) is 1.64. The van der Waals surface area contributed by atoms with Crippen molar-refractivity contribution in [3.8, 4) is 0 Å². The van der Waals surface area contributed by atoms with Gasteiger partial charge in [-0.1, -0.05) is 18.2 Å². The number of fused-ring (bicyclic) bond motifs is 1. The van der Waals surface area contributed by atoms with Crippen molar-refractivity contribution in [3.05, 3.63) is 36.0 Å². The van der Waals surface area contributed by atoms with Gasteiger partial charge in [-0.05, 0) is 32.1 Å². The zero-order valence-corrected chi connectivity index (χ0v) is 10.1. The monoisotopic (exact) mass is 232 g/mol. The van der Waals surface area contributed by atoms with Gasteiger partial charge >= 0.3 is 6.09 Å². The van der Waals surface area contributed by atoms with Crippen molar-refractivity contribution in [2.75, 3.05) is 20.6 Å². The molecule has 1 N–H and O–H groups in total. The number of hydrogen-bond acceptors (Lipinski definition) is 2. The third kappa shape index (κ3) is 2.31. The highest BCUT2D eigenvalue weighted by atomic mass is 16.4. The van der Waals surface area contributed by atoms with E-state index in [4.69, 9.17) is 5.11 Å². The maximum Gasteiger partial charge on any atom is 0.416 e. The fraction of sp³-hybridized carbons (Fsp3) is 0.308. The topological polar surface area (TPSA) is 45.5 Å². The first kappa shape index (κ1) is 11.7. The lowest BCUT2D eigenvalue weighted by atomic mass is 10.1. The van der Waals surface area contributed by atoms with E-state index in [1.165, 1.54) is 4.57 Å². The highest BCUT2D eigenvalue weighted by molar-refractivity contribution is 5.91. The smallest absolute Gasteiger partial charge is 0.416 e. The number of para-hydroxylation sites is 1. The van der Waals surface area contributed by atoms with E-state index >= 15 is 0 Å². The Morgan fingerprint density at radius 1 is 1.35 bits per heavy atom. The Kier molecular flexibility index (Phi) is 3.15. The first-order chi connectivity index (χ1) is 8.09. The minimum absolute atomic E-state index is 0.758. The number of nitrogens with zero attached hydrogens (tertiary/aromatic N) is 2. The van der Waals surface area contributed by atoms with E-state index < -0.39 is 6.09 Å². The molecule has 0 aliphatic rings. The molecule has 90 valence electrons. The number of benzene rings is 1. The molecule has 0 atom stereocenters. The molecule has 4 heteroatoms. The Morgan fingerprint density at radius 2 is 2.06 bits per heavy atom. The molecule has 2 rings (SSSR count). The van der Waals surface area contributed by atoms with Gasteiger partial charge in [-0.2, -0.15) is 0 Å². The largest absolute Gasteiger partial charge is 0.464 e. The molecule has 0 saturated heterocycles. The third-order valence-electron chi connectivity index (χ3n) is 2.83. The van der Waals surface area contributed by atoms with E-state index in [0.29, 0.717) is 0 Å². The number of carboxylic acid groups (broad SMARTS) is 1. The van der Waals surface area contributed by atoms with Crippen LogP contribution in [0, 0.1) is 0 Å². The summed E-state index contributed by atoms with van der Waals surface area (Å²) in [6.45, 7) is 0.910. The SMILES string of the molecule is CN(C)CCc1cn(C(=O)O)c2ccccc12. The van der Waals surface area contributed by atoms with Crippen molar-refractivity contribution in [2.45, 2.75) is 6.42 Å². The molecule has 0 amide bonds. The fourth-order valence-corrected chi connectivity index (χ4v) is 1.95. The standard InChI is InChI=1S/C13H16N2O2/c1-14(2)8-7-10-9-15(13(16)17)12-6-4-3-5-11(10)12/h3-6,9H,7-8H2,1-2H3,(H,16,17). The molecular weight excluding hydrogens is 216 g/mol. The van der Waals surface area contributed by atoms with Gasteiger partial charge in [0.25, 0.3) is 0 Å². The van der Waals surface area contributed by atoms with Gasteiger partial charge in [0.1, 0.15) is 0 Å². The van der Waals surface area contributed by atoms with Gasteiger partial charge in [-0.25, -0.2) is 4.79 Å². The lowest BCUT2D eigenvalue weighted by molar-refractivity contribution is 0.197. The van der Waals surface area contributed by atoms with Crippen LogP contribution < -0.4 is 0 Å². The molecule has 0 saturated carbocycles. The third-order valence-corrected chi connectivity index (χ3v) is 2.83. The average molecular weight is 232 g/mol. The summed E-state index contributed by atoms with van der Waals surface area (Å²) in [5.74, 6) is 0. The molecule has 17 heavy (non-hydrogen) atoms. The Balaban J connectivity index is 2.45. The number of carbonyl (C=O) groups is 1. The molecule has 1 aromatic heterocycles. The Morgan fingerprint density at radius 3 is 2.71 bits per heavy atom. The summed E-state index contributed by atoms with van der Waals surface area (Å²) in [6, 6.07) is 7.60. The fourth-order valence-electron chi connectivity index (χ4n) is 1.95.